The van der Waals surface area contributed by atoms with Gasteiger partial charge in [-0.25, -0.2) is 4.79 Å². The smallest absolute Gasteiger partial charge is 0.326 e. The first-order chi connectivity index (χ1) is 10.3. The maximum absolute atomic E-state index is 11.3. The summed E-state index contributed by atoms with van der Waals surface area (Å²) in [5, 5.41) is 31.4. The molecule has 0 spiro atoms. The van der Waals surface area contributed by atoms with E-state index in [0.717, 1.165) is 0 Å². The number of carbonyl (C=O) groups is 3. The Morgan fingerprint density at radius 2 is 2.00 bits per heavy atom. The van der Waals surface area contributed by atoms with E-state index in [1.807, 2.05) is 0 Å². The van der Waals surface area contributed by atoms with Gasteiger partial charge in [0.1, 0.15) is 6.04 Å². The van der Waals surface area contributed by atoms with Crippen LogP contribution in [0, 0.1) is 0 Å². The number of amides is 1. The summed E-state index contributed by atoms with van der Waals surface area (Å²) in [5.41, 5.74) is 0.379. The van der Waals surface area contributed by atoms with E-state index in [9.17, 15) is 14.4 Å². The molecule has 2 rings (SSSR count). The maximum Gasteiger partial charge on any atom is 0.326 e. The summed E-state index contributed by atoms with van der Waals surface area (Å²) < 4.78 is 0. The van der Waals surface area contributed by atoms with Crippen molar-refractivity contribution in [2.75, 3.05) is 13.6 Å². The van der Waals surface area contributed by atoms with Crippen LogP contribution in [0.5, 0.6) is 11.5 Å². The van der Waals surface area contributed by atoms with Crippen molar-refractivity contribution in [2.45, 2.75) is 18.9 Å². The highest BCUT2D eigenvalue weighted by atomic mass is 16.4. The standard InChI is InChI=1S/C9H11NO3.C5H7NO3/c1-10-5-9(13)6-2-3-7(11)8(12)4-6;7-4-2-1-3(6-4)5(8)9/h2-4,10-12H,5H2,1H3;3H,1-2H2,(H,6,7)(H,8,9)/t;3-/m.0/s1. The minimum Gasteiger partial charge on any atom is -0.504 e. The molecule has 8 heteroatoms. The normalized spacial score (nSPS) is 16.4. The summed E-state index contributed by atoms with van der Waals surface area (Å²) in [6.45, 7) is 0.213. The lowest BCUT2D eigenvalue weighted by molar-refractivity contribution is -0.140. The predicted molar refractivity (Wildman–Crippen MR) is 76.8 cm³/mol. The number of carboxylic acid groups (broad SMARTS) is 1. The van der Waals surface area contributed by atoms with E-state index in [1.54, 1.807) is 7.05 Å². The molecular formula is C14H18N2O6. The zero-order valence-corrected chi connectivity index (χ0v) is 12.0. The molecular weight excluding hydrogens is 292 g/mol. The third-order valence-electron chi connectivity index (χ3n) is 2.93. The van der Waals surface area contributed by atoms with Crippen LogP contribution in [-0.2, 0) is 9.59 Å². The highest BCUT2D eigenvalue weighted by Gasteiger charge is 2.26. The number of benzene rings is 1. The molecule has 5 N–H and O–H groups in total. The van der Waals surface area contributed by atoms with E-state index < -0.39 is 12.0 Å². The van der Waals surface area contributed by atoms with Crippen LogP contribution in [0.4, 0.5) is 0 Å². The maximum atomic E-state index is 11.3. The van der Waals surface area contributed by atoms with Crippen molar-refractivity contribution in [1.82, 2.24) is 10.6 Å². The molecule has 1 saturated heterocycles. The molecule has 0 radical (unpaired) electrons. The topological polar surface area (TPSA) is 136 Å². The fourth-order valence-electron chi connectivity index (χ4n) is 1.76. The Hall–Kier alpha value is -2.61. The number of hydrogen-bond donors (Lipinski definition) is 5. The van der Waals surface area contributed by atoms with E-state index in [0.29, 0.717) is 18.4 Å². The molecule has 1 heterocycles. The number of carboxylic acids is 1. The molecule has 120 valence electrons. The van der Waals surface area contributed by atoms with E-state index in [2.05, 4.69) is 10.6 Å². The monoisotopic (exact) mass is 310 g/mol. The van der Waals surface area contributed by atoms with E-state index in [4.69, 9.17) is 15.3 Å². The van der Waals surface area contributed by atoms with Crippen LogP contribution in [-0.4, -0.2) is 52.6 Å². The molecule has 0 unspecified atom stereocenters. The van der Waals surface area contributed by atoms with Gasteiger partial charge in [0.05, 0.1) is 6.54 Å². The number of ketones is 1. The molecule has 0 saturated carbocycles. The van der Waals surface area contributed by atoms with Crippen molar-refractivity contribution in [1.29, 1.82) is 0 Å². The summed E-state index contributed by atoms with van der Waals surface area (Å²) in [6.07, 6.45) is 0.769. The fraction of sp³-hybridized carbons (Fsp3) is 0.357. The SMILES string of the molecule is CNCC(=O)c1ccc(O)c(O)c1.O=C1CC[C@@H](C(=O)O)N1. The van der Waals surface area contributed by atoms with Gasteiger partial charge in [-0.15, -0.1) is 0 Å². The number of phenols is 2. The molecule has 22 heavy (non-hydrogen) atoms. The number of likely N-dealkylation sites (N-methyl/N-ethyl adjacent to an activating group) is 1. The van der Waals surface area contributed by atoms with Gasteiger partial charge in [-0.05, 0) is 31.7 Å². The second-order valence-corrected chi connectivity index (χ2v) is 4.65. The summed E-state index contributed by atoms with van der Waals surface area (Å²) >= 11 is 0. The summed E-state index contributed by atoms with van der Waals surface area (Å²) in [5.74, 6) is -1.73. The number of rotatable bonds is 4. The van der Waals surface area contributed by atoms with Crippen LogP contribution < -0.4 is 10.6 Å². The van der Waals surface area contributed by atoms with Crippen molar-refractivity contribution in [3.05, 3.63) is 23.8 Å². The number of carbonyl (C=O) groups excluding carboxylic acids is 2. The third kappa shape index (κ3) is 5.06. The van der Waals surface area contributed by atoms with Gasteiger partial charge in [0.2, 0.25) is 5.91 Å². The molecule has 1 fully saturated rings. The average Bonchev–Trinajstić information content (AvgIpc) is 2.90. The zero-order chi connectivity index (χ0) is 16.7. The Morgan fingerprint density at radius 3 is 2.41 bits per heavy atom. The van der Waals surface area contributed by atoms with Gasteiger partial charge in [0, 0.05) is 12.0 Å². The van der Waals surface area contributed by atoms with Gasteiger partial charge in [-0.3, -0.25) is 9.59 Å². The first-order valence-electron chi connectivity index (χ1n) is 6.57. The van der Waals surface area contributed by atoms with Crippen molar-refractivity contribution < 1.29 is 29.7 Å². The van der Waals surface area contributed by atoms with Crippen molar-refractivity contribution >= 4 is 17.7 Å². The van der Waals surface area contributed by atoms with E-state index >= 15 is 0 Å². The van der Waals surface area contributed by atoms with Crippen molar-refractivity contribution in [2.24, 2.45) is 0 Å². The van der Waals surface area contributed by atoms with Gasteiger partial charge >= 0.3 is 5.97 Å². The number of aliphatic carboxylic acids is 1. The van der Waals surface area contributed by atoms with Crippen LogP contribution in [0.2, 0.25) is 0 Å². The molecule has 1 aromatic rings. The van der Waals surface area contributed by atoms with Gasteiger partial charge in [0.25, 0.3) is 0 Å². The largest absolute Gasteiger partial charge is 0.504 e. The minimum absolute atomic E-state index is 0.127. The molecule has 1 amide bonds. The summed E-state index contributed by atoms with van der Waals surface area (Å²) in [7, 11) is 1.66. The van der Waals surface area contributed by atoms with E-state index in [1.165, 1.54) is 18.2 Å². The number of aromatic hydroxyl groups is 2. The molecule has 1 aliphatic heterocycles. The third-order valence-corrected chi connectivity index (χ3v) is 2.93. The lowest BCUT2D eigenvalue weighted by atomic mass is 10.1. The van der Waals surface area contributed by atoms with Crippen molar-refractivity contribution in [3.63, 3.8) is 0 Å². The molecule has 8 nitrogen and oxygen atoms in total. The first-order valence-corrected chi connectivity index (χ1v) is 6.57. The Kier molecular flexibility index (Phi) is 6.33. The van der Waals surface area contributed by atoms with Crippen LogP contribution in [0.3, 0.4) is 0 Å². The van der Waals surface area contributed by atoms with Crippen LogP contribution in [0.15, 0.2) is 18.2 Å². The van der Waals surface area contributed by atoms with Crippen LogP contribution >= 0.6 is 0 Å². The Bertz CT molecular complexity index is 572. The van der Waals surface area contributed by atoms with Gasteiger partial charge in [-0.1, -0.05) is 0 Å². The van der Waals surface area contributed by atoms with Crippen molar-refractivity contribution in [3.8, 4) is 11.5 Å². The molecule has 0 aromatic heterocycles. The lowest BCUT2D eigenvalue weighted by Gasteiger charge is -2.01. The molecule has 0 aliphatic carbocycles. The summed E-state index contributed by atoms with van der Waals surface area (Å²) in [6, 6.07) is 3.36. The average molecular weight is 310 g/mol. The number of nitrogens with one attached hydrogen (secondary N) is 2. The number of hydrogen-bond acceptors (Lipinski definition) is 6. The number of phenolic OH excluding ortho intramolecular Hbond substituents is 2. The zero-order valence-electron chi connectivity index (χ0n) is 12.0. The lowest BCUT2D eigenvalue weighted by Crippen LogP contribution is -2.32. The Morgan fingerprint density at radius 1 is 1.32 bits per heavy atom. The Balaban J connectivity index is 0.000000235. The van der Waals surface area contributed by atoms with Gasteiger partial charge < -0.3 is 26.0 Å². The molecule has 0 bridgehead atoms. The van der Waals surface area contributed by atoms with Crippen LogP contribution in [0.1, 0.15) is 23.2 Å². The van der Waals surface area contributed by atoms with Gasteiger partial charge in [0.15, 0.2) is 17.3 Å². The molecule has 1 aliphatic rings. The fourth-order valence-corrected chi connectivity index (χ4v) is 1.76. The van der Waals surface area contributed by atoms with E-state index in [-0.39, 0.29) is 29.7 Å². The quantitative estimate of drug-likeness (QED) is 0.385. The van der Waals surface area contributed by atoms with Crippen LogP contribution in [0.25, 0.3) is 0 Å². The highest BCUT2D eigenvalue weighted by Crippen LogP contribution is 2.24. The first kappa shape index (κ1) is 17.4. The van der Waals surface area contributed by atoms with Gasteiger partial charge in [-0.2, -0.15) is 0 Å². The summed E-state index contributed by atoms with van der Waals surface area (Å²) in [4.78, 5) is 31.8. The second kappa shape index (κ2) is 7.99. The second-order valence-electron chi connectivity index (χ2n) is 4.65. The molecule has 1 atom stereocenters. The highest BCUT2D eigenvalue weighted by molar-refractivity contribution is 5.98. The molecule has 1 aromatic carbocycles. The predicted octanol–water partition coefficient (Wildman–Crippen LogP) is -0.151. The minimum atomic E-state index is -0.944. The number of Topliss-reactive ketones (excluding diaryl/α,β-unsaturated/α-hetero) is 1. The Labute approximate surface area is 126 Å².